The normalized spacial score (nSPS) is 19.5. The highest BCUT2D eigenvalue weighted by Crippen LogP contribution is 2.18. The molecule has 1 rings (SSSR count). The molecule has 0 aromatic heterocycles. The Morgan fingerprint density at radius 1 is 1.08 bits per heavy atom. The van der Waals surface area contributed by atoms with Gasteiger partial charge in [0, 0.05) is 20.3 Å². The molecule has 3 nitrogen and oxygen atoms in total. The predicted octanol–water partition coefficient (Wildman–Crippen LogP) is 1.18. The van der Waals surface area contributed by atoms with Gasteiger partial charge >= 0.3 is 0 Å². The molecule has 0 bridgehead atoms. The Balaban J connectivity index is 0. The van der Waals surface area contributed by atoms with Crippen molar-refractivity contribution in [2.45, 2.75) is 39.2 Å². The maximum atomic E-state index is 9.29. The second-order valence-electron chi connectivity index (χ2n) is 2.61. The van der Waals surface area contributed by atoms with Crippen molar-refractivity contribution >= 4 is 0 Å². The van der Waals surface area contributed by atoms with Crippen molar-refractivity contribution in [1.82, 2.24) is 0 Å². The molecule has 1 aliphatic heterocycles. The Morgan fingerprint density at radius 3 is 1.58 bits per heavy atom. The zero-order chi connectivity index (χ0) is 10.0. The van der Waals surface area contributed by atoms with Gasteiger partial charge in [-0.3, -0.25) is 0 Å². The standard InChI is InChI=1S/C6H12O2.C2H6.CH4O/c1-6(7)2-4-8-5-3-6;2*1-2/h7H,2-5H2,1H3;1-2H3;2H,1H3. The molecule has 1 heterocycles. The second-order valence-corrected chi connectivity index (χ2v) is 2.61. The third-order valence-electron chi connectivity index (χ3n) is 1.57. The van der Waals surface area contributed by atoms with E-state index in [-0.39, 0.29) is 0 Å². The quantitative estimate of drug-likeness (QED) is 0.585. The molecule has 1 fully saturated rings. The van der Waals surface area contributed by atoms with Crippen LogP contribution in [-0.4, -0.2) is 36.1 Å². The zero-order valence-corrected chi connectivity index (χ0v) is 8.63. The monoisotopic (exact) mass is 178 g/mol. The maximum absolute atomic E-state index is 9.29. The summed E-state index contributed by atoms with van der Waals surface area (Å²) in [6, 6.07) is 0. The molecule has 3 heteroatoms. The first-order valence-corrected chi connectivity index (χ1v) is 4.46. The highest BCUT2D eigenvalue weighted by molar-refractivity contribution is 4.74. The van der Waals surface area contributed by atoms with Gasteiger partial charge in [0.15, 0.2) is 0 Å². The Morgan fingerprint density at radius 2 is 1.42 bits per heavy atom. The minimum atomic E-state index is -0.446. The predicted molar refractivity (Wildman–Crippen MR) is 50.2 cm³/mol. The fourth-order valence-corrected chi connectivity index (χ4v) is 0.811. The van der Waals surface area contributed by atoms with E-state index < -0.39 is 5.60 Å². The maximum Gasteiger partial charge on any atom is 0.0663 e. The lowest BCUT2D eigenvalue weighted by Gasteiger charge is -2.27. The van der Waals surface area contributed by atoms with Crippen molar-refractivity contribution in [3.8, 4) is 0 Å². The smallest absolute Gasteiger partial charge is 0.0663 e. The first-order chi connectivity index (χ1) is 5.71. The molecular weight excluding hydrogens is 156 g/mol. The van der Waals surface area contributed by atoms with Gasteiger partial charge in [0.1, 0.15) is 0 Å². The highest BCUT2D eigenvalue weighted by Gasteiger charge is 2.22. The summed E-state index contributed by atoms with van der Waals surface area (Å²) in [6.45, 7) is 7.29. The summed E-state index contributed by atoms with van der Waals surface area (Å²) in [7, 11) is 1.00. The van der Waals surface area contributed by atoms with E-state index in [0.29, 0.717) is 13.2 Å². The Kier molecular flexibility index (Phi) is 10.8. The summed E-state index contributed by atoms with van der Waals surface area (Å²) < 4.78 is 5.05. The fourth-order valence-electron chi connectivity index (χ4n) is 0.811. The van der Waals surface area contributed by atoms with Gasteiger partial charge in [-0.2, -0.15) is 0 Å². The average molecular weight is 178 g/mol. The Labute approximate surface area is 75.4 Å². The van der Waals surface area contributed by atoms with Crippen LogP contribution in [0.3, 0.4) is 0 Å². The van der Waals surface area contributed by atoms with Crippen LogP contribution < -0.4 is 0 Å². The molecule has 0 unspecified atom stereocenters. The summed E-state index contributed by atoms with van der Waals surface area (Å²) in [5.41, 5.74) is -0.446. The number of hydrogen-bond donors (Lipinski definition) is 2. The van der Waals surface area contributed by atoms with Crippen molar-refractivity contribution < 1.29 is 14.9 Å². The molecule has 76 valence electrons. The van der Waals surface area contributed by atoms with E-state index >= 15 is 0 Å². The number of rotatable bonds is 0. The van der Waals surface area contributed by atoms with Gasteiger partial charge in [-0.15, -0.1) is 0 Å². The lowest BCUT2D eigenvalue weighted by molar-refractivity contribution is -0.0508. The SMILES string of the molecule is CC.CC1(O)CCOCC1.CO. The van der Waals surface area contributed by atoms with Crippen LogP contribution >= 0.6 is 0 Å². The van der Waals surface area contributed by atoms with Gasteiger partial charge in [0.05, 0.1) is 5.60 Å². The van der Waals surface area contributed by atoms with Crippen LogP contribution in [0.1, 0.15) is 33.6 Å². The van der Waals surface area contributed by atoms with Crippen molar-refractivity contribution in [3.63, 3.8) is 0 Å². The first kappa shape index (κ1) is 14.4. The Hall–Kier alpha value is -0.120. The van der Waals surface area contributed by atoms with E-state index in [1.54, 1.807) is 0 Å². The minimum Gasteiger partial charge on any atom is -0.400 e. The third kappa shape index (κ3) is 7.98. The number of aliphatic hydroxyl groups excluding tert-OH is 1. The first-order valence-electron chi connectivity index (χ1n) is 4.46. The molecule has 12 heavy (non-hydrogen) atoms. The van der Waals surface area contributed by atoms with Crippen molar-refractivity contribution in [2.75, 3.05) is 20.3 Å². The van der Waals surface area contributed by atoms with E-state index in [1.165, 1.54) is 0 Å². The lowest BCUT2D eigenvalue weighted by Crippen LogP contribution is -2.32. The van der Waals surface area contributed by atoms with Crippen molar-refractivity contribution in [1.29, 1.82) is 0 Å². The van der Waals surface area contributed by atoms with Crippen LogP contribution in [0.25, 0.3) is 0 Å². The van der Waals surface area contributed by atoms with E-state index in [0.717, 1.165) is 20.0 Å². The minimum absolute atomic E-state index is 0.446. The Bertz CT molecular complexity index is 73.8. The molecule has 0 saturated carbocycles. The van der Waals surface area contributed by atoms with Crippen LogP contribution in [0.5, 0.6) is 0 Å². The summed E-state index contributed by atoms with van der Waals surface area (Å²) in [5.74, 6) is 0. The topological polar surface area (TPSA) is 49.7 Å². The second kappa shape index (κ2) is 8.97. The van der Waals surface area contributed by atoms with Gasteiger partial charge < -0.3 is 14.9 Å². The molecular formula is C9H22O3. The van der Waals surface area contributed by atoms with E-state index in [9.17, 15) is 5.11 Å². The van der Waals surface area contributed by atoms with E-state index in [4.69, 9.17) is 9.84 Å². The summed E-state index contributed by atoms with van der Waals surface area (Å²) in [5, 5.41) is 16.3. The molecule has 0 radical (unpaired) electrons. The van der Waals surface area contributed by atoms with Gasteiger partial charge in [-0.25, -0.2) is 0 Å². The summed E-state index contributed by atoms with van der Waals surface area (Å²) >= 11 is 0. The lowest BCUT2D eigenvalue weighted by atomic mass is 9.98. The molecule has 0 amide bonds. The van der Waals surface area contributed by atoms with Gasteiger partial charge in [0.2, 0.25) is 0 Å². The molecule has 0 aromatic carbocycles. The van der Waals surface area contributed by atoms with Gasteiger partial charge in [0.25, 0.3) is 0 Å². The molecule has 2 N–H and O–H groups in total. The fraction of sp³-hybridized carbons (Fsp3) is 1.00. The largest absolute Gasteiger partial charge is 0.400 e. The molecule has 1 aliphatic rings. The number of ether oxygens (including phenoxy) is 1. The average Bonchev–Trinajstić information content (AvgIpc) is 2.11. The highest BCUT2D eigenvalue weighted by atomic mass is 16.5. The van der Waals surface area contributed by atoms with Crippen molar-refractivity contribution in [3.05, 3.63) is 0 Å². The molecule has 0 aliphatic carbocycles. The number of aliphatic hydroxyl groups is 2. The molecule has 1 saturated heterocycles. The van der Waals surface area contributed by atoms with E-state index in [2.05, 4.69) is 0 Å². The third-order valence-corrected chi connectivity index (χ3v) is 1.57. The number of hydrogen-bond acceptors (Lipinski definition) is 3. The van der Waals surface area contributed by atoms with Crippen LogP contribution in [0, 0.1) is 0 Å². The van der Waals surface area contributed by atoms with Crippen LogP contribution in [0.2, 0.25) is 0 Å². The van der Waals surface area contributed by atoms with Gasteiger partial charge in [-0.1, -0.05) is 13.8 Å². The molecule has 0 aromatic rings. The van der Waals surface area contributed by atoms with Gasteiger partial charge in [-0.05, 0) is 19.8 Å². The zero-order valence-electron chi connectivity index (χ0n) is 8.63. The summed E-state index contributed by atoms with van der Waals surface area (Å²) in [6.07, 6.45) is 1.57. The van der Waals surface area contributed by atoms with Crippen LogP contribution in [0.4, 0.5) is 0 Å². The molecule has 0 atom stereocenters. The summed E-state index contributed by atoms with van der Waals surface area (Å²) in [4.78, 5) is 0. The van der Waals surface area contributed by atoms with Crippen LogP contribution in [-0.2, 0) is 4.74 Å². The van der Waals surface area contributed by atoms with Crippen LogP contribution in [0.15, 0.2) is 0 Å². The molecule has 0 spiro atoms. The van der Waals surface area contributed by atoms with E-state index in [1.807, 2.05) is 20.8 Å². The van der Waals surface area contributed by atoms with Crippen molar-refractivity contribution in [2.24, 2.45) is 0 Å².